The Balaban J connectivity index is 2.28. The van der Waals surface area contributed by atoms with Crippen molar-refractivity contribution in [3.63, 3.8) is 0 Å². The fourth-order valence-electron chi connectivity index (χ4n) is 1.36. The topological polar surface area (TPSA) is 46.2 Å². The van der Waals surface area contributed by atoms with E-state index in [4.69, 9.17) is 6.42 Å². The number of terminal acetylenes is 1. The van der Waals surface area contributed by atoms with Crippen molar-refractivity contribution in [2.45, 2.75) is 18.1 Å². The molecule has 0 aromatic heterocycles. The van der Waals surface area contributed by atoms with Crippen molar-refractivity contribution in [2.75, 3.05) is 4.72 Å². The van der Waals surface area contributed by atoms with Gasteiger partial charge in [0.2, 0.25) is 10.0 Å². The number of halogens is 1. The standard InChI is InChI=1S/C11H10BrNO2S/c1-2-8-5-9(12)7-10(6-8)13-16(14,15)11-3-4-11/h1,5-7,11,13H,3-4H2. The third-order valence-corrected chi connectivity index (χ3v) is 4.61. The molecular weight excluding hydrogens is 290 g/mol. The molecule has 0 unspecified atom stereocenters. The Labute approximate surface area is 103 Å². The molecule has 5 heteroatoms. The largest absolute Gasteiger partial charge is 0.283 e. The third kappa shape index (κ3) is 2.57. The van der Waals surface area contributed by atoms with Gasteiger partial charge >= 0.3 is 0 Å². The first-order chi connectivity index (χ1) is 7.51. The average Bonchev–Trinajstić information content (AvgIpc) is 2.98. The molecule has 0 aliphatic heterocycles. The van der Waals surface area contributed by atoms with Gasteiger partial charge in [0.1, 0.15) is 0 Å². The first kappa shape index (κ1) is 11.5. The molecule has 1 aromatic carbocycles. The van der Waals surface area contributed by atoms with Crippen LogP contribution in [0.3, 0.4) is 0 Å². The van der Waals surface area contributed by atoms with E-state index in [0.29, 0.717) is 11.3 Å². The van der Waals surface area contributed by atoms with Gasteiger partial charge in [-0.15, -0.1) is 6.42 Å². The zero-order chi connectivity index (χ0) is 11.8. The predicted molar refractivity (Wildman–Crippen MR) is 67.6 cm³/mol. The summed E-state index contributed by atoms with van der Waals surface area (Å²) < 4.78 is 26.7. The maximum absolute atomic E-state index is 11.7. The van der Waals surface area contributed by atoms with Crippen molar-refractivity contribution in [1.29, 1.82) is 0 Å². The highest BCUT2D eigenvalue weighted by atomic mass is 79.9. The quantitative estimate of drug-likeness (QED) is 0.871. The second kappa shape index (κ2) is 4.11. The van der Waals surface area contributed by atoms with Crippen LogP contribution in [0.15, 0.2) is 22.7 Å². The molecule has 1 aliphatic rings. The molecule has 1 aliphatic carbocycles. The van der Waals surface area contributed by atoms with Crippen molar-refractivity contribution >= 4 is 31.6 Å². The molecule has 1 N–H and O–H groups in total. The highest BCUT2D eigenvalue weighted by Gasteiger charge is 2.35. The maximum Gasteiger partial charge on any atom is 0.235 e. The van der Waals surface area contributed by atoms with E-state index >= 15 is 0 Å². The molecule has 0 saturated heterocycles. The smallest absolute Gasteiger partial charge is 0.235 e. The van der Waals surface area contributed by atoms with Gasteiger partial charge in [0.05, 0.1) is 10.9 Å². The Morgan fingerprint density at radius 2 is 2.06 bits per heavy atom. The van der Waals surface area contributed by atoms with E-state index in [2.05, 4.69) is 26.6 Å². The molecule has 84 valence electrons. The number of benzene rings is 1. The van der Waals surface area contributed by atoms with Crippen molar-refractivity contribution in [1.82, 2.24) is 0 Å². The molecule has 0 spiro atoms. The van der Waals surface area contributed by atoms with Crippen molar-refractivity contribution in [3.8, 4) is 12.3 Å². The highest BCUT2D eigenvalue weighted by Crippen LogP contribution is 2.30. The van der Waals surface area contributed by atoms with Gasteiger partial charge in [-0.3, -0.25) is 4.72 Å². The van der Waals surface area contributed by atoms with Gasteiger partial charge in [0.25, 0.3) is 0 Å². The summed E-state index contributed by atoms with van der Waals surface area (Å²) in [5.74, 6) is 2.47. The van der Waals surface area contributed by atoms with Crippen LogP contribution in [0, 0.1) is 12.3 Å². The van der Waals surface area contributed by atoms with Crippen LogP contribution in [0.25, 0.3) is 0 Å². The van der Waals surface area contributed by atoms with Gasteiger partial charge < -0.3 is 0 Å². The Morgan fingerprint density at radius 3 is 2.62 bits per heavy atom. The van der Waals surface area contributed by atoms with E-state index < -0.39 is 10.0 Å². The number of rotatable bonds is 3. The van der Waals surface area contributed by atoms with Gasteiger partial charge in [-0.2, -0.15) is 0 Å². The highest BCUT2D eigenvalue weighted by molar-refractivity contribution is 9.10. The summed E-state index contributed by atoms with van der Waals surface area (Å²) in [6.07, 6.45) is 6.76. The van der Waals surface area contributed by atoms with Crippen LogP contribution >= 0.6 is 15.9 Å². The van der Waals surface area contributed by atoms with Crippen LogP contribution in [0.2, 0.25) is 0 Å². The zero-order valence-electron chi connectivity index (χ0n) is 8.40. The lowest BCUT2D eigenvalue weighted by Crippen LogP contribution is -2.17. The Bertz CT molecular complexity index is 556. The third-order valence-electron chi connectivity index (χ3n) is 2.29. The van der Waals surface area contributed by atoms with E-state index in [1.165, 1.54) is 0 Å². The molecule has 1 aromatic rings. The van der Waals surface area contributed by atoms with E-state index in [-0.39, 0.29) is 5.25 Å². The van der Waals surface area contributed by atoms with E-state index in [1.807, 2.05) is 0 Å². The van der Waals surface area contributed by atoms with E-state index in [9.17, 15) is 8.42 Å². The molecule has 1 fully saturated rings. The van der Waals surface area contributed by atoms with Crippen LogP contribution in [0.5, 0.6) is 0 Å². The molecule has 0 radical (unpaired) electrons. The summed E-state index contributed by atoms with van der Waals surface area (Å²) in [6.45, 7) is 0. The first-order valence-corrected chi connectivity index (χ1v) is 7.14. The lowest BCUT2D eigenvalue weighted by atomic mass is 10.2. The van der Waals surface area contributed by atoms with Crippen molar-refractivity contribution < 1.29 is 8.42 Å². The van der Waals surface area contributed by atoms with Gasteiger partial charge in [-0.1, -0.05) is 21.9 Å². The second-order valence-electron chi connectivity index (χ2n) is 3.72. The van der Waals surface area contributed by atoms with Crippen LogP contribution in [0.4, 0.5) is 5.69 Å². The summed E-state index contributed by atoms with van der Waals surface area (Å²) in [6, 6.07) is 5.10. The lowest BCUT2D eigenvalue weighted by molar-refractivity contribution is 0.600. The van der Waals surface area contributed by atoms with Crippen LogP contribution in [-0.2, 0) is 10.0 Å². The average molecular weight is 300 g/mol. The van der Waals surface area contributed by atoms with Crippen molar-refractivity contribution in [2.24, 2.45) is 0 Å². The Morgan fingerprint density at radius 1 is 1.38 bits per heavy atom. The van der Waals surface area contributed by atoms with Gasteiger partial charge in [-0.05, 0) is 31.0 Å². The predicted octanol–water partition coefficient (Wildman–Crippen LogP) is 2.33. The molecule has 0 atom stereocenters. The number of sulfonamides is 1. The minimum Gasteiger partial charge on any atom is -0.283 e. The summed E-state index contributed by atoms with van der Waals surface area (Å²) in [5, 5.41) is -0.235. The Hall–Kier alpha value is -0.990. The van der Waals surface area contributed by atoms with Gasteiger partial charge in [-0.25, -0.2) is 8.42 Å². The molecule has 2 rings (SSSR count). The van der Waals surface area contributed by atoms with Crippen LogP contribution < -0.4 is 4.72 Å². The first-order valence-electron chi connectivity index (χ1n) is 4.80. The number of nitrogens with one attached hydrogen (secondary N) is 1. The number of hydrogen-bond acceptors (Lipinski definition) is 2. The van der Waals surface area contributed by atoms with Gasteiger partial charge in [0.15, 0.2) is 0 Å². The summed E-state index contributed by atoms with van der Waals surface area (Å²) in [4.78, 5) is 0. The molecule has 0 amide bonds. The molecular formula is C11H10BrNO2S. The lowest BCUT2D eigenvalue weighted by Gasteiger charge is -2.07. The fraction of sp³-hybridized carbons (Fsp3) is 0.273. The van der Waals surface area contributed by atoms with Crippen LogP contribution in [0.1, 0.15) is 18.4 Å². The molecule has 3 nitrogen and oxygen atoms in total. The maximum atomic E-state index is 11.7. The summed E-state index contributed by atoms with van der Waals surface area (Å²) in [5.41, 5.74) is 1.15. The molecule has 1 saturated carbocycles. The zero-order valence-corrected chi connectivity index (χ0v) is 10.8. The SMILES string of the molecule is C#Cc1cc(Br)cc(NS(=O)(=O)C2CC2)c1. The second-order valence-corrected chi connectivity index (χ2v) is 6.60. The number of anilines is 1. The summed E-state index contributed by atoms with van der Waals surface area (Å²) in [7, 11) is -3.22. The monoisotopic (exact) mass is 299 g/mol. The van der Waals surface area contributed by atoms with Crippen LogP contribution in [-0.4, -0.2) is 13.7 Å². The molecule has 16 heavy (non-hydrogen) atoms. The summed E-state index contributed by atoms with van der Waals surface area (Å²) >= 11 is 3.28. The van der Waals surface area contributed by atoms with Gasteiger partial charge in [0, 0.05) is 10.0 Å². The minimum atomic E-state index is -3.22. The normalized spacial score (nSPS) is 15.5. The Kier molecular flexibility index (Phi) is 2.96. The number of hydrogen-bond donors (Lipinski definition) is 1. The molecule has 0 bridgehead atoms. The van der Waals surface area contributed by atoms with E-state index in [1.54, 1.807) is 18.2 Å². The fourth-order valence-corrected chi connectivity index (χ4v) is 3.22. The van der Waals surface area contributed by atoms with E-state index in [0.717, 1.165) is 17.3 Å². The van der Waals surface area contributed by atoms with Crippen molar-refractivity contribution in [3.05, 3.63) is 28.2 Å². The molecule has 0 heterocycles. The minimum absolute atomic E-state index is 0.235.